The van der Waals surface area contributed by atoms with E-state index in [1.165, 1.54) is 0 Å². The highest BCUT2D eigenvalue weighted by Crippen LogP contribution is 2.47. The smallest absolute Gasteiger partial charge is 0.0616 e. The van der Waals surface area contributed by atoms with E-state index in [9.17, 15) is 24.7 Å². The predicted molar refractivity (Wildman–Crippen MR) is 346 cm³/mol. The Labute approximate surface area is 538 Å². The zero-order chi connectivity index (χ0) is 98.2. The first kappa shape index (κ1) is 17.8. The molecule has 0 heterocycles. The van der Waals surface area contributed by atoms with Crippen LogP contribution in [0.1, 0.15) is 71.3 Å². The van der Waals surface area contributed by atoms with Crippen molar-refractivity contribution in [1.29, 1.82) is 0 Å². The molecule has 0 bridgehead atoms. The van der Waals surface area contributed by atoms with E-state index in [4.69, 9.17) is 46.6 Å². The molecule has 0 saturated carbocycles. The Morgan fingerprint density at radius 1 is 0.138 bits per heavy atom. The topological polar surface area (TPSA) is 0 Å². The van der Waals surface area contributed by atoms with Crippen molar-refractivity contribution in [3.63, 3.8) is 0 Å². The SMILES string of the molecule is [2H]c1c([2H])c(-c2c([2H])c([2H])c3c([2H])c([2H])c([2H])c([2H])c3c2[2H])c([2H])c(-c2c3c([2H])c([2H])c([2H])c([2H])c3c(-c3c([2H])c([2H])c4c([2H])c([2H])c([2H])c([2H])c4c3[2H])c3c([2H])c([2H])c([2H])c([2H])c23)c1[2H].[2H]c1c([2H])c(-c2c3c([2H])c([2H])c([2H])c([2H])c3c(-c3c([2H])c([2H])c4c([2H])c([2H])c([2H])c([2H])c4c3[2H])c3c([2H])c([2H])c([2H])c([2H])c23)c([2H])c([2H])c1-c1c([2H])c([2H])c2c([2H])c([2H])c([2H])c([2H])c2c1[2H]. The highest BCUT2D eigenvalue weighted by Gasteiger charge is 2.19. The standard InChI is InChI=1S/2C40H26/c1-3-12-29-24-32(22-20-27(29)10-1)31-14-9-15-33(26-31)39-35-16-5-7-18-37(35)40(38-19-8-6-17-36(38)39)34-23-21-28-11-2-4-13-30(28)25-34;1-3-11-31-25-33(23-19-27(31)9-1)29-17-21-30(22-18-29)39-35-13-5-7-15-37(35)40(38-16-8-6-14-36(38)39)34-24-20-28-10-2-4-12-32(28)26-34/h2*1-26H/i2*1D,2D,3D,4D,5D,6D,7D,8D,9D,10D,11D,12D,13D,14D,15D,16D,17D,18D,19D,20D,21D,22D,23D,24D,25D,26D. The number of benzene rings is 16. The number of hydrogen-bond donors (Lipinski definition) is 0. The van der Waals surface area contributed by atoms with Gasteiger partial charge in [-0.05, 0) is 183 Å². The summed E-state index contributed by atoms with van der Waals surface area (Å²) in [5.41, 5.74) is -9.30. The van der Waals surface area contributed by atoms with Crippen molar-refractivity contribution in [1.82, 2.24) is 0 Å². The van der Waals surface area contributed by atoms with Crippen LogP contribution in [0.4, 0.5) is 0 Å². The minimum Gasteiger partial charge on any atom is -0.0616 e. The zero-order valence-electron chi connectivity index (χ0n) is 92.0. The third-order valence-corrected chi connectivity index (χ3v) is 12.5. The van der Waals surface area contributed by atoms with Gasteiger partial charge in [-0.15, -0.1) is 0 Å². The summed E-state index contributed by atoms with van der Waals surface area (Å²) < 4.78 is 461. The molecule has 0 spiro atoms. The summed E-state index contributed by atoms with van der Waals surface area (Å²) in [4.78, 5) is 0. The second-order valence-corrected chi connectivity index (χ2v) is 17.0. The van der Waals surface area contributed by atoms with E-state index in [2.05, 4.69) is 0 Å². The molecule has 0 heteroatoms. The van der Waals surface area contributed by atoms with E-state index in [0.29, 0.717) is 0 Å². The largest absolute Gasteiger partial charge is 0.0636 e. The average Bonchev–Trinajstić information content (AvgIpc) is 0.686. The predicted octanol–water partition coefficient (Wildman–Crippen LogP) is 22.6. The van der Waals surface area contributed by atoms with E-state index in [1.54, 1.807) is 0 Å². The van der Waals surface area contributed by atoms with Crippen molar-refractivity contribution in [3.05, 3.63) is 314 Å². The van der Waals surface area contributed by atoms with Crippen LogP contribution < -0.4 is 0 Å². The van der Waals surface area contributed by atoms with E-state index in [0.717, 1.165) is 0 Å². The fourth-order valence-electron chi connectivity index (χ4n) is 9.03. The van der Waals surface area contributed by atoms with Gasteiger partial charge in [0.1, 0.15) is 0 Å². The van der Waals surface area contributed by atoms with Crippen LogP contribution in [-0.4, -0.2) is 0 Å². The fourth-order valence-corrected chi connectivity index (χ4v) is 9.03. The molecule has 0 unspecified atom stereocenters. The Balaban J connectivity index is 0.000000202. The first-order valence-corrected chi connectivity index (χ1v) is 23.5. The summed E-state index contributed by atoms with van der Waals surface area (Å²) in [6.07, 6.45) is 0. The molecule has 16 aromatic carbocycles. The second kappa shape index (κ2) is 19.9. The Kier molecular flexibility index (Phi) is 4.42. The molecule has 0 saturated heterocycles. The van der Waals surface area contributed by atoms with Crippen molar-refractivity contribution < 1.29 is 71.3 Å². The molecule has 0 fully saturated rings. The number of hydrogen-bond acceptors (Lipinski definition) is 0. The first-order chi connectivity index (χ1) is 61.4. The lowest BCUT2D eigenvalue weighted by Crippen LogP contribution is -1.91. The summed E-state index contributed by atoms with van der Waals surface area (Å²) in [6, 6.07) is -47.8. The first-order valence-electron chi connectivity index (χ1n) is 49.5. The minimum absolute atomic E-state index is 0.524. The van der Waals surface area contributed by atoms with E-state index in [-0.39, 0.29) is 0 Å². The van der Waals surface area contributed by atoms with Crippen molar-refractivity contribution in [2.24, 2.45) is 0 Å². The van der Waals surface area contributed by atoms with Crippen LogP contribution in [0.2, 0.25) is 0 Å². The zero-order valence-corrected chi connectivity index (χ0v) is 40.0. The molecule has 0 radical (unpaired) electrons. The molecular weight excluding hydrogens is 961 g/mol. The molecule has 0 amide bonds. The maximum absolute atomic E-state index is 9.68. The molecule has 16 aromatic rings. The summed E-state index contributed by atoms with van der Waals surface area (Å²) in [5.74, 6) is 0. The average molecular weight is 1070 g/mol. The number of rotatable bonds is 6. The summed E-state index contributed by atoms with van der Waals surface area (Å²) >= 11 is 0. The Hall–Kier alpha value is -10.4. The van der Waals surface area contributed by atoms with Gasteiger partial charge in [-0.3, -0.25) is 0 Å². The monoisotopic (exact) mass is 1060 g/mol. The van der Waals surface area contributed by atoms with Gasteiger partial charge in [0.05, 0.1) is 71.3 Å². The van der Waals surface area contributed by atoms with Gasteiger partial charge in [-0.2, -0.15) is 0 Å². The molecule has 0 aliphatic carbocycles. The van der Waals surface area contributed by atoms with Crippen molar-refractivity contribution >= 4 is 86.2 Å². The molecule has 0 aromatic heterocycles. The summed E-state index contributed by atoms with van der Waals surface area (Å²) in [5, 5.41) is -10.4. The molecule has 372 valence electrons. The molecule has 16 rings (SSSR count). The van der Waals surface area contributed by atoms with E-state index < -0.39 is 467 Å². The second-order valence-electron chi connectivity index (χ2n) is 17.0. The molecule has 0 aliphatic heterocycles. The van der Waals surface area contributed by atoms with Gasteiger partial charge < -0.3 is 0 Å². The fraction of sp³-hybridized carbons (Fsp3) is 0. The van der Waals surface area contributed by atoms with Crippen LogP contribution in [0.15, 0.2) is 314 Å². The molecule has 0 nitrogen and oxygen atoms in total. The molecule has 0 N–H and O–H groups in total. The third-order valence-electron chi connectivity index (χ3n) is 12.5. The van der Waals surface area contributed by atoms with Crippen molar-refractivity contribution in [2.45, 2.75) is 0 Å². The molecular formula is C80H52. The van der Waals surface area contributed by atoms with Gasteiger partial charge in [-0.1, -0.05) is 284 Å². The maximum Gasteiger partial charge on any atom is 0.0636 e. The maximum atomic E-state index is 9.68. The van der Waals surface area contributed by atoms with Gasteiger partial charge in [-0.25, -0.2) is 0 Å². The molecule has 80 heavy (non-hydrogen) atoms. The quantitative estimate of drug-likeness (QED) is 0.146. The third kappa shape index (κ3) is 8.34. The van der Waals surface area contributed by atoms with Crippen LogP contribution in [0.3, 0.4) is 0 Å². The van der Waals surface area contributed by atoms with Crippen LogP contribution in [0, 0.1) is 0 Å². The van der Waals surface area contributed by atoms with Gasteiger partial charge in [0.25, 0.3) is 0 Å². The van der Waals surface area contributed by atoms with Crippen molar-refractivity contribution in [3.8, 4) is 66.8 Å². The van der Waals surface area contributed by atoms with Crippen LogP contribution in [0.5, 0.6) is 0 Å². The van der Waals surface area contributed by atoms with E-state index in [1.807, 2.05) is 0 Å². The number of fused-ring (bicyclic) bond motifs is 8. The van der Waals surface area contributed by atoms with Gasteiger partial charge >= 0.3 is 0 Å². The van der Waals surface area contributed by atoms with Crippen molar-refractivity contribution in [2.75, 3.05) is 0 Å². The Morgan fingerprint density at radius 2 is 0.350 bits per heavy atom. The normalized spacial score (nSPS) is 20.6. The lowest BCUT2D eigenvalue weighted by molar-refractivity contribution is 1.63. The lowest BCUT2D eigenvalue weighted by atomic mass is 9.85. The summed E-state index contributed by atoms with van der Waals surface area (Å²) in [6.45, 7) is 0. The Morgan fingerprint density at radius 3 is 0.700 bits per heavy atom. The highest BCUT2D eigenvalue weighted by atomic mass is 14.2. The summed E-state index contributed by atoms with van der Waals surface area (Å²) in [7, 11) is 0. The lowest BCUT2D eigenvalue weighted by Gasteiger charge is -2.18. The van der Waals surface area contributed by atoms with Gasteiger partial charge in [0.15, 0.2) is 0 Å². The highest BCUT2D eigenvalue weighted by molar-refractivity contribution is 6.23. The minimum atomic E-state index is -1.07. The van der Waals surface area contributed by atoms with Gasteiger partial charge in [0.2, 0.25) is 0 Å². The van der Waals surface area contributed by atoms with Crippen LogP contribution >= 0.6 is 0 Å². The van der Waals surface area contributed by atoms with E-state index >= 15 is 0 Å². The molecule has 0 atom stereocenters. The van der Waals surface area contributed by atoms with Crippen LogP contribution in [0.25, 0.3) is 153 Å². The Bertz CT molecular complexity index is 8060. The van der Waals surface area contributed by atoms with Crippen LogP contribution in [-0.2, 0) is 0 Å². The van der Waals surface area contributed by atoms with Gasteiger partial charge in [0, 0.05) is 0 Å². The molecule has 0 aliphatic rings.